The van der Waals surface area contributed by atoms with Crippen LogP contribution in [0.3, 0.4) is 0 Å². The molecule has 0 aliphatic rings. The van der Waals surface area contributed by atoms with Crippen molar-refractivity contribution in [1.82, 2.24) is 4.90 Å². The van der Waals surface area contributed by atoms with Gasteiger partial charge in [0.2, 0.25) is 0 Å². The zero-order chi connectivity index (χ0) is 10.3. The fraction of sp³-hybridized carbons (Fsp3) is 0.875. The van der Waals surface area contributed by atoms with Crippen LogP contribution in [0, 0.1) is 0 Å². The second kappa shape index (κ2) is 7.20. The van der Waals surface area contributed by atoms with Gasteiger partial charge in [-0.15, -0.1) is 0 Å². The van der Waals surface area contributed by atoms with Gasteiger partial charge in [-0.25, -0.2) is 0 Å². The van der Waals surface area contributed by atoms with E-state index in [1.54, 1.807) is 0 Å². The first-order valence-corrected chi connectivity index (χ1v) is 4.83. The minimum Gasteiger partial charge on any atom is -0.395 e. The van der Waals surface area contributed by atoms with Gasteiger partial charge in [0.25, 0.3) is 0 Å². The minimum atomic E-state index is -0.0192. The van der Waals surface area contributed by atoms with Crippen LogP contribution in [0.5, 0.6) is 0 Å². The fourth-order valence-electron chi connectivity index (χ4n) is 1.32. The van der Waals surface area contributed by atoms with E-state index < -0.39 is 0 Å². The lowest BCUT2D eigenvalue weighted by Crippen LogP contribution is -2.46. The van der Waals surface area contributed by atoms with Gasteiger partial charge in [-0.3, -0.25) is 4.90 Å². The monoisotopic (exact) mass is 206 g/mol. The van der Waals surface area contributed by atoms with Crippen LogP contribution in [0.2, 0.25) is 0 Å². The first-order chi connectivity index (χ1) is 6.17. The van der Waals surface area contributed by atoms with Crippen molar-refractivity contribution in [2.24, 2.45) is 5.73 Å². The highest BCUT2D eigenvalue weighted by Crippen LogP contribution is 2.03. The van der Waals surface area contributed by atoms with Gasteiger partial charge in [0.1, 0.15) is 0 Å². The van der Waals surface area contributed by atoms with Gasteiger partial charge in [0.05, 0.1) is 24.2 Å². The smallest absolute Gasteiger partial charge is 0.0901 e. The largest absolute Gasteiger partial charge is 0.395 e. The third-order valence-corrected chi connectivity index (χ3v) is 2.20. The van der Waals surface area contributed by atoms with Crippen molar-refractivity contribution in [1.29, 1.82) is 0 Å². The standard InChI is InChI=1S/C8H18N2O2S/c1-2-7(8(9)13)10(3-5-11)4-6-12/h7,11-12H,2-6H2,1H3,(H2,9,13). The number of thiocarbonyl (C=S) groups is 1. The molecule has 0 spiro atoms. The fourth-order valence-corrected chi connectivity index (χ4v) is 1.64. The summed E-state index contributed by atoms with van der Waals surface area (Å²) in [7, 11) is 0. The van der Waals surface area contributed by atoms with E-state index in [2.05, 4.69) is 0 Å². The van der Waals surface area contributed by atoms with E-state index >= 15 is 0 Å². The number of rotatable bonds is 7. The normalized spacial score (nSPS) is 13.2. The molecule has 78 valence electrons. The lowest BCUT2D eigenvalue weighted by molar-refractivity contribution is 0.144. The van der Waals surface area contributed by atoms with Gasteiger partial charge in [-0.2, -0.15) is 0 Å². The molecule has 0 aliphatic heterocycles. The Kier molecular flexibility index (Phi) is 7.07. The third-order valence-electron chi connectivity index (χ3n) is 1.93. The van der Waals surface area contributed by atoms with Crippen LogP contribution in [0.1, 0.15) is 13.3 Å². The molecule has 0 aromatic carbocycles. The van der Waals surface area contributed by atoms with Gasteiger partial charge in [0.15, 0.2) is 0 Å². The van der Waals surface area contributed by atoms with Crippen molar-refractivity contribution in [2.75, 3.05) is 26.3 Å². The Hall–Kier alpha value is -0.230. The maximum absolute atomic E-state index is 8.78. The second-order valence-electron chi connectivity index (χ2n) is 2.81. The molecular weight excluding hydrogens is 188 g/mol. The highest BCUT2D eigenvalue weighted by atomic mass is 32.1. The zero-order valence-corrected chi connectivity index (χ0v) is 8.76. The molecule has 1 atom stereocenters. The van der Waals surface area contributed by atoms with E-state index in [1.165, 1.54) is 0 Å². The molecular formula is C8H18N2O2S. The van der Waals surface area contributed by atoms with Crippen LogP contribution < -0.4 is 5.73 Å². The Morgan fingerprint density at radius 3 is 2.08 bits per heavy atom. The number of aliphatic hydroxyl groups is 2. The van der Waals surface area contributed by atoms with Crippen molar-refractivity contribution in [3.05, 3.63) is 0 Å². The van der Waals surface area contributed by atoms with Gasteiger partial charge in [-0.05, 0) is 6.42 Å². The Morgan fingerprint density at radius 2 is 1.85 bits per heavy atom. The van der Waals surface area contributed by atoms with Gasteiger partial charge in [-0.1, -0.05) is 19.1 Å². The highest BCUT2D eigenvalue weighted by Gasteiger charge is 2.17. The Bertz CT molecular complexity index is 149. The topological polar surface area (TPSA) is 69.7 Å². The molecule has 0 radical (unpaired) electrons. The summed E-state index contributed by atoms with van der Waals surface area (Å²) >= 11 is 4.89. The average Bonchev–Trinajstić information content (AvgIpc) is 2.05. The summed E-state index contributed by atoms with van der Waals surface area (Å²) in [5.41, 5.74) is 5.54. The van der Waals surface area contributed by atoms with Crippen LogP contribution in [0.4, 0.5) is 0 Å². The molecule has 0 bridgehead atoms. The Balaban J connectivity index is 4.20. The summed E-state index contributed by atoms with van der Waals surface area (Å²) in [5.74, 6) is 0. The lowest BCUT2D eigenvalue weighted by Gasteiger charge is -2.28. The van der Waals surface area contributed by atoms with Gasteiger partial charge < -0.3 is 15.9 Å². The van der Waals surface area contributed by atoms with Crippen molar-refractivity contribution in [3.63, 3.8) is 0 Å². The molecule has 0 heterocycles. The van der Waals surface area contributed by atoms with E-state index in [-0.39, 0.29) is 19.3 Å². The molecule has 0 aromatic rings. The summed E-state index contributed by atoms with van der Waals surface area (Å²) in [6.07, 6.45) is 0.801. The van der Waals surface area contributed by atoms with Crippen molar-refractivity contribution in [3.8, 4) is 0 Å². The van der Waals surface area contributed by atoms with Crippen LogP contribution >= 0.6 is 12.2 Å². The average molecular weight is 206 g/mol. The van der Waals surface area contributed by atoms with Gasteiger partial charge >= 0.3 is 0 Å². The van der Waals surface area contributed by atoms with Crippen LogP contribution in [0.25, 0.3) is 0 Å². The molecule has 0 rings (SSSR count). The van der Waals surface area contributed by atoms with Crippen molar-refractivity contribution < 1.29 is 10.2 Å². The van der Waals surface area contributed by atoms with Gasteiger partial charge in [0, 0.05) is 13.1 Å². The predicted octanol–water partition coefficient (Wildman–Crippen LogP) is -0.662. The maximum Gasteiger partial charge on any atom is 0.0901 e. The summed E-state index contributed by atoms with van der Waals surface area (Å²) in [6.45, 7) is 3.08. The van der Waals surface area contributed by atoms with Crippen LogP contribution in [-0.4, -0.2) is 52.4 Å². The highest BCUT2D eigenvalue weighted by molar-refractivity contribution is 7.80. The zero-order valence-electron chi connectivity index (χ0n) is 7.94. The summed E-state index contributed by atoms with van der Waals surface area (Å²) in [6, 6.07) is -0.0192. The minimum absolute atomic E-state index is 0.0192. The SMILES string of the molecule is CCC(C(N)=S)N(CCO)CCO. The van der Waals surface area contributed by atoms with E-state index in [0.29, 0.717) is 18.1 Å². The molecule has 0 saturated heterocycles. The number of hydrogen-bond acceptors (Lipinski definition) is 4. The number of nitrogens with zero attached hydrogens (tertiary/aromatic N) is 1. The number of nitrogens with two attached hydrogens (primary N) is 1. The van der Waals surface area contributed by atoms with Crippen molar-refractivity contribution >= 4 is 17.2 Å². The predicted molar refractivity (Wildman–Crippen MR) is 56.6 cm³/mol. The summed E-state index contributed by atoms with van der Waals surface area (Å²) < 4.78 is 0. The van der Waals surface area contributed by atoms with E-state index in [9.17, 15) is 0 Å². The molecule has 4 N–H and O–H groups in total. The first-order valence-electron chi connectivity index (χ1n) is 4.42. The Morgan fingerprint density at radius 1 is 1.38 bits per heavy atom. The molecule has 0 amide bonds. The second-order valence-corrected chi connectivity index (χ2v) is 3.28. The lowest BCUT2D eigenvalue weighted by atomic mass is 10.2. The third kappa shape index (κ3) is 4.52. The van der Waals surface area contributed by atoms with E-state index in [1.807, 2.05) is 11.8 Å². The number of hydrogen-bond donors (Lipinski definition) is 3. The molecule has 0 saturated carbocycles. The first kappa shape index (κ1) is 12.8. The van der Waals surface area contributed by atoms with E-state index in [4.69, 9.17) is 28.2 Å². The summed E-state index contributed by atoms with van der Waals surface area (Å²) in [4.78, 5) is 2.31. The molecule has 5 heteroatoms. The summed E-state index contributed by atoms with van der Waals surface area (Å²) in [5, 5.41) is 17.6. The number of aliphatic hydroxyl groups excluding tert-OH is 2. The molecule has 0 aliphatic carbocycles. The molecule has 1 unspecified atom stereocenters. The van der Waals surface area contributed by atoms with Crippen LogP contribution in [-0.2, 0) is 0 Å². The molecule has 4 nitrogen and oxygen atoms in total. The molecule has 0 fully saturated rings. The van der Waals surface area contributed by atoms with Crippen LogP contribution in [0.15, 0.2) is 0 Å². The van der Waals surface area contributed by atoms with Crippen molar-refractivity contribution in [2.45, 2.75) is 19.4 Å². The van der Waals surface area contributed by atoms with E-state index in [0.717, 1.165) is 6.42 Å². The molecule has 13 heavy (non-hydrogen) atoms. The molecule has 0 aromatic heterocycles. The Labute approximate surface area is 84.3 Å². The quantitative estimate of drug-likeness (QED) is 0.482. The maximum atomic E-state index is 8.78.